The average Bonchev–Trinajstić information content (AvgIpc) is 3.08. The van der Waals surface area contributed by atoms with Crippen LogP contribution in [0.4, 0.5) is 0 Å². The van der Waals surface area contributed by atoms with E-state index >= 15 is 0 Å². The van der Waals surface area contributed by atoms with Crippen molar-refractivity contribution in [3.8, 4) is 5.75 Å². The van der Waals surface area contributed by atoms with Crippen LogP contribution >= 0.6 is 15.9 Å². The summed E-state index contributed by atoms with van der Waals surface area (Å²) in [5.74, 6) is 0.0207. The number of carbonyl (C=O) groups excluding carboxylic acids is 1. The van der Waals surface area contributed by atoms with E-state index in [1.807, 2.05) is 44.3 Å². The molecule has 0 fully saturated rings. The average molecular weight is 466 g/mol. The second-order valence-corrected chi connectivity index (χ2v) is 8.27. The third-order valence-corrected chi connectivity index (χ3v) is 5.35. The Hall–Kier alpha value is -3.12. The number of hydrogen-bond donors (Lipinski definition) is 1. The van der Waals surface area contributed by atoms with E-state index in [-0.39, 0.29) is 12.4 Å². The summed E-state index contributed by atoms with van der Waals surface area (Å²) in [7, 11) is 0. The zero-order valence-electron chi connectivity index (χ0n) is 16.6. The van der Waals surface area contributed by atoms with Crippen LogP contribution in [-0.4, -0.2) is 11.0 Å². The van der Waals surface area contributed by atoms with Gasteiger partial charge < -0.3 is 14.1 Å². The molecule has 0 saturated carbocycles. The molecule has 0 saturated heterocycles. The van der Waals surface area contributed by atoms with Gasteiger partial charge in [0, 0.05) is 38.6 Å². The predicted octanol–water partition coefficient (Wildman–Crippen LogP) is 5.69. The van der Waals surface area contributed by atoms with Crippen molar-refractivity contribution in [3.05, 3.63) is 86.3 Å². The summed E-state index contributed by atoms with van der Waals surface area (Å²) in [4.78, 5) is 27.7. The molecule has 30 heavy (non-hydrogen) atoms. The first-order valence-electron chi connectivity index (χ1n) is 9.56. The molecule has 1 N–H and O–H groups in total. The van der Waals surface area contributed by atoms with E-state index in [1.165, 1.54) is 6.07 Å². The van der Waals surface area contributed by atoms with E-state index in [2.05, 4.69) is 20.9 Å². The van der Waals surface area contributed by atoms with Crippen LogP contribution in [0.15, 0.2) is 74.0 Å². The lowest BCUT2D eigenvalue weighted by atomic mass is 10.1. The first-order valence-corrected chi connectivity index (χ1v) is 10.4. The number of fused-ring (bicyclic) bond motifs is 2. The number of nitrogens with one attached hydrogen (secondary N) is 1. The number of esters is 1. The molecule has 2 aromatic carbocycles. The summed E-state index contributed by atoms with van der Waals surface area (Å²) in [6.45, 7) is 3.98. The van der Waals surface area contributed by atoms with Gasteiger partial charge in [-0.15, -0.1) is 0 Å². The van der Waals surface area contributed by atoms with Gasteiger partial charge in [0.1, 0.15) is 11.3 Å². The van der Waals surface area contributed by atoms with Crippen molar-refractivity contribution >= 4 is 43.8 Å². The monoisotopic (exact) mass is 465 g/mol. The van der Waals surface area contributed by atoms with Crippen molar-refractivity contribution < 1.29 is 13.9 Å². The van der Waals surface area contributed by atoms with Crippen LogP contribution in [0.5, 0.6) is 5.75 Å². The molecule has 4 aromatic rings. The minimum Gasteiger partial charge on any atom is -0.426 e. The molecular formula is C24H20BrNO4. The van der Waals surface area contributed by atoms with Crippen molar-refractivity contribution in [2.75, 3.05) is 0 Å². The van der Waals surface area contributed by atoms with Gasteiger partial charge >= 0.3 is 11.6 Å². The highest BCUT2D eigenvalue weighted by atomic mass is 79.9. The first-order chi connectivity index (χ1) is 14.4. The molecule has 4 rings (SSSR count). The van der Waals surface area contributed by atoms with Gasteiger partial charge in [0.2, 0.25) is 0 Å². The number of carbonyl (C=O) groups is 1. The summed E-state index contributed by atoms with van der Waals surface area (Å²) in [5.41, 5.74) is 3.62. The summed E-state index contributed by atoms with van der Waals surface area (Å²) in [6.07, 6.45) is 4.45. The molecule has 0 atom stereocenters. The van der Waals surface area contributed by atoms with Gasteiger partial charge in [-0.1, -0.05) is 27.6 Å². The molecule has 0 amide bonds. The Bertz CT molecular complexity index is 1340. The highest BCUT2D eigenvalue weighted by Gasteiger charge is 2.16. The largest absolute Gasteiger partial charge is 0.426 e. The molecule has 0 spiro atoms. The number of H-pyrrole nitrogens is 1. The third kappa shape index (κ3) is 4.24. The lowest BCUT2D eigenvalue weighted by Gasteiger charge is -2.11. The van der Waals surface area contributed by atoms with Crippen LogP contribution in [0.25, 0.3) is 21.9 Å². The number of ether oxygens (including phenoxy) is 1. The van der Waals surface area contributed by atoms with Gasteiger partial charge in [-0.2, -0.15) is 0 Å². The predicted molar refractivity (Wildman–Crippen MR) is 121 cm³/mol. The minimum atomic E-state index is -0.436. The smallest absolute Gasteiger partial charge is 0.336 e. The van der Waals surface area contributed by atoms with Crippen LogP contribution in [0.3, 0.4) is 0 Å². The maximum Gasteiger partial charge on any atom is 0.336 e. The van der Waals surface area contributed by atoms with Crippen molar-refractivity contribution in [2.24, 2.45) is 0 Å². The van der Waals surface area contributed by atoms with E-state index < -0.39 is 5.63 Å². The Kier molecular flexibility index (Phi) is 5.59. The van der Waals surface area contributed by atoms with Crippen LogP contribution in [0.1, 0.15) is 25.0 Å². The summed E-state index contributed by atoms with van der Waals surface area (Å²) in [5, 5.41) is 1.75. The van der Waals surface area contributed by atoms with E-state index in [4.69, 9.17) is 9.15 Å². The first kappa shape index (κ1) is 20.2. The Morgan fingerprint density at radius 3 is 2.77 bits per heavy atom. The van der Waals surface area contributed by atoms with Crippen LogP contribution in [-0.2, 0) is 17.6 Å². The fourth-order valence-corrected chi connectivity index (χ4v) is 3.74. The van der Waals surface area contributed by atoms with Gasteiger partial charge in [0.15, 0.2) is 0 Å². The normalized spacial score (nSPS) is 11.0. The summed E-state index contributed by atoms with van der Waals surface area (Å²) in [6, 6.07) is 12.5. The Morgan fingerprint density at radius 2 is 1.97 bits per heavy atom. The molecule has 2 aromatic heterocycles. The van der Waals surface area contributed by atoms with E-state index in [1.54, 1.807) is 18.2 Å². The Morgan fingerprint density at radius 1 is 1.17 bits per heavy atom. The van der Waals surface area contributed by atoms with Crippen LogP contribution in [0.2, 0.25) is 0 Å². The van der Waals surface area contributed by atoms with Gasteiger partial charge in [-0.25, -0.2) is 4.79 Å². The lowest BCUT2D eigenvalue weighted by molar-refractivity contribution is -0.133. The highest BCUT2D eigenvalue weighted by molar-refractivity contribution is 9.10. The van der Waals surface area contributed by atoms with Crippen molar-refractivity contribution in [1.82, 2.24) is 4.98 Å². The van der Waals surface area contributed by atoms with Crippen LogP contribution in [0, 0.1) is 0 Å². The zero-order chi connectivity index (χ0) is 21.3. The fourth-order valence-electron chi connectivity index (χ4n) is 3.38. The molecule has 6 heteroatoms. The van der Waals surface area contributed by atoms with E-state index in [0.717, 1.165) is 31.9 Å². The number of allylic oxidation sites excluding steroid dienone is 2. The molecule has 2 heterocycles. The third-order valence-electron chi connectivity index (χ3n) is 4.85. The quantitative estimate of drug-likeness (QED) is 0.177. The molecule has 0 unspecified atom stereocenters. The molecule has 152 valence electrons. The number of hydrogen-bond acceptors (Lipinski definition) is 4. The Labute approximate surface area is 181 Å². The van der Waals surface area contributed by atoms with Crippen molar-refractivity contribution in [1.29, 1.82) is 0 Å². The molecule has 5 nitrogen and oxygen atoms in total. The summed E-state index contributed by atoms with van der Waals surface area (Å²) < 4.78 is 12.1. The molecule has 0 bridgehead atoms. The fraction of sp³-hybridized carbons (Fsp3) is 0.167. The number of rotatable bonds is 5. The second-order valence-electron chi connectivity index (χ2n) is 7.36. The lowest BCUT2D eigenvalue weighted by Crippen LogP contribution is -2.12. The Balaban J connectivity index is 1.67. The van der Waals surface area contributed by atoms with Gasteiger partial charge in [0.25, 0.3) is 0 Å². The number of benzene rings is 2. The van der Waals surface area contributed by atoms with Crippen molar-refractivity contribution in [2.45, 2.75) is 26.7 Å². The van der Waals surface area contributed by atoms with Crippen molar-refractivity contribution in [3.63, 3.8) is 0 Å². The maximum atomic E-state index is 12.7. The molecule has 0 aliphatic rings. The minimum absolute atomic E-state index is 0.120. The van der Waals surface area contributed by atoms with Gasteiger partial charge in [-0.3, -0.25) is 4.79 Å². The summed E-state index contributed by atoms with van der Waals surface area (Å²) >= 11 is 3.47. The number of aromatic amines is 1. The standard InChI is InChI=1S/C24H20BrNO4/c1-14(2)3-7-18-21(9-4-15-5-10-22(27)30-24(15)18)29-23(28)11-16-13-26-20-8-6-17(25)12-19(16)20/h3-6,8-10,12-13,26H,7,11H2,1-2H3. The molecule has 0 aliphatic carbocycles. The number of halogens is 1. The second kappa shape index (κ2) is 8.32. The van der Waals surface area contributed by atoms with E-state index in [9.17, 15) is 9.59 Å². The molecule has 0 aliphatic heterocycles. The zero-order valence-corrected chi connectivity index (χ0v) is 18.2. The van der Waals surface area contributed by atoms with Crippen LogP contribution < -0.4 is 10.4 Å². The van der Waals surface area contributed by atoms with Gasteiger partial charge in [0.05, 0.1) is 6.42 Å². The molecular weight excluding hydrogens is 446 g/mol. The van der Waals surface area contributed by atoms with E-state index in [0.29, 0.717) is 23.3 Å². The number of aromatic nitrogens is 1. The topological polar surface area (TPSA) is 72.3 Å². The molecule has 0 radical (unpaired) electrons. The SMILES string of the molecule is CC(C)=CCc1c(OC(=O)Cc2c[nH]c3ccc(Br)cc23)ccc2ccc(=O)oc12. The highest BCUT2D eigenvalue weighted by Crippen LogP contribution is 2.29. The maximum absolute atomic E-state index is 12.7. The van der Waals surface area contributed by atoms with Gasteiger partial charge in [-0.05, 0) is 62.2 Å².